The molecule has 2 aromatic heterocycles. The molecular weight excluding hydrogens is 590 g/mol. The first-order chi connectivity index (χ1) is 22.6. The molecule has 1 aliphatic carbocycles. The van der Waals surface area contributed by atoms with E-state index in [1.807, 2.05) is 64.5 Å². The molecule has 2 N–H and O–H groups in total. The second-order valence-corrected chi connectivity index (χ2v) is 14.1. The molecule has 4 heterocycles. The molecule has 11 nitrogen and oxygen atoms in total. The van der Waals surface area contributed by atoms with Crippen LogP contribution in [0.5, 0.6) is 0 Å². The van der Waals surface area contributed by atoms with E-state index < -0.39 is 0 Å². The number of rotatable bonds is 6. The maximum atomic E-state index is 13.5. The van der Waals surface area contributed by atoms with E-state index in [1.165, 1.54) is 18.4 Å². The number of hydrogen-bond acceptors (Lipinski definition) is 7. The van der Waals surface area contributed by atoms with Gasteiger partial charge in [0.25, 0.3) is 0 Å². The van der Waals surface area contributed by atoms with Crippen LogP contribution in [0.2, 0.25) is 0 Å². The van der Waals surface area contributed by atoms with Crippen LogP contribution in [0.1, 0.15) is 105 Å². The number of carbonyl (C=O) groups is 1. The molecule has 246 valence electrons. The summed E-state index contributed by atoms with van der Waals surface area (Å²) in [7, 11) is 2.17. The number of likely N-dealkylation sites (tertiary alicyclic amines) is 1. The van der Waals surface area contributed by atoms with Gasteiger partial charge in [0.05, 0.1) is 23.5 Å². The van der Waals surface area contributed by atoms with E-state index in [0.717, 1.165) is 60.0 Å². The van der Waals surface area contributed by atoms with Crippen molar-refractivity contribution in [3.8, 4) is 5.69 Å². The number of urea groups is 1. The van der Waals surface area contributed by atoms with Crippen LogP contribution in [0.4, 0.5) is 10.6 Å². The fraction of sp³-hybridized carbons (Fsp3) is 0.444. The van der Waals surface area contributed by atoms with Gasteiger partial charge >= 0.3 is 6.03 Å². The van der Waals surface area contributed by atoms with Crippen LogP contribution in [0.15, 0.2) is 60.8 Å². The largest absolute Gasteiger partial charge is 0.331 e. The Kier molecular flexibility index (Phi) is 8.36. The summed E-state index contributed by atoms with van der Waals surface area (Å²) in [5.41, 5.74) is 4.94. The van der Waals surface area contributed by atoms with Crippen LogP contribution in [0, 0.1) is 6.92 Å². The highest BCUT2D eigenvalue weighted by molar-refractivity contribution is 5.89. The number of hydrogen-bond donors (Lipinski definition) is 2. The van der Waals surface area contributed by atoms with Gasteiger partial charge in [0.15, 0.2) is 11.6 Å². The lowest BCUT2D eigenvalue weighted by atomic mass is 9.86. The number of aromatic nitrogens is 5. The normalized spacial score (nSPS) is 21.3. The Morgan fingerprint density at radius 3 is 2.53 bits per heavy atom. The molecule has 1 saturated heterocycles. The number of piperidine rings is 1. The van der Waals surface area contributed by atoms with Gasteiger partial charge in [0.2, 0.25) is 0 Å². The number of amides is 2. The molecule has 47 heavy (non-hydrogen) atoms. The molecule has 3 aliphatic rings. The molecule has 2 amide bonds. The van der Waals surface area contributed by atoms with Crippen LogP contribution in [0.3, 0.4) is 0 Å². The Hall–Kier alpha value is -4.48. The van der Waals surface area contributed by atoms with Crippen LogP contribution in [-0.2, 0) is 16.9 Å². The van der Waals surface area contributed by atoms with Crippen molar-refractivity contribution < 1.29 is 9.63 Å². The zero-order valence-electron chi connectivity index (χ0n) is 28.0. The van der Waals surface area contributed by atoms with Crippen molar-refractivity contribution in [3.63, 3.8) is 0 Å². The Morgan fingerprint density at radius 2 is 1.77 bits per heavy atom. The molecule has 2 aromatic carbocycles. The average Bonchev–Trinajstić information content (AvgIpc) is 3.67. The van der Waals surface area contributed by atoms with Crippen molar-refractivity contribution in [1.82, 2.24) is 39.8 Å². The first-order valence-corrected chi connectivity index (χ1v) is 16.7. The number of nitrogens with zero attached hydrogens (tertiary/aromatic N) is 7. The average molecular weight is 636 g/mol. The van der Waals surface area contributed by atoms with Gasteiger partial charge in [-0.15, -0.1) is 10.2 Å². The van der Waals surface area contributed by atoms with Crippen molar-refractivity contribution in [2.24, 2.45) is 0 Å². The van der Waals surface area contributed by atoms with Crippen molar-refractivity contribution >= 4 is 17.9 Å². The molecule has 4 aromatic rings. The first-order valence-electron chi connectivity index (χ1n) is 16.7. The second-order valence-electron chi connectivity index (χ2n) is 14.1. The number of nitrogens with one attached hydrogen (secondary N) is 2. The highest BCUT2D eigenvalue weighted by atomic mass is 16.7. The topological polar surface area (TPSA) is 105 Å². The summed E-state index contributed by atoms with van der Waals surface area (Å²) in [6, 6.07) is 18.2. The molecule has 1 fully saturated rings. The summed E-state index contributed by atoms with van der Waals surface area (Å²) < 4.78 is 3.98. The minimum atomic E-state index is -0.266. The molecule has 11 heteroatoms. The summed E-state index contributed by atoms with van der Waals surface area (Å²) in [6.45, 7) is 10.0. The number of hydroxylamine groups is 2. The third-order valence-corrected chi connectivity index (χ3v) is 9.55. The molecule has 3 atom stereocenters. The fourth-order valence-electron chi connectivity index (χ4n) is 6.85. The highest BCUT2D eigenvalue weighted by Gasteiger charge is 2.33. The van der Waals surface area contributed by atoms with Crippen molar-refractivity contribution in [3.05, 3.63) is 94.8 Å². The molecular formula is C36H45N9O2. The van der Waals surface area contributed by atoms with Crippen molar-refractivity contribution in [2.75, 3.05) is 18.9 Å². The quantitative estimate of drug-likeness (QED) is 0.240. The van der Waals surface area contributed by atoms with Gasteiger partial charge in [0, 0.05) is 23.8 Å². The van der Waals surface area contributed by atoms with Crippen LogP contribution < -0.4 is 10.6 Å². The van der Waals surface area contributed by atoms with Gasteiger partial charge < -0.3 is 5.32 Å². The molecule has 0 saturated carbocycles. The van der Waals surface area contributed by atoms with Gasteiger partial charge in [-0.2, -0.15) is 5.10 Å². The molecule has 2 aliphatic heterocycles. The number of aryl methyl sites for hydroxylation is 1. The maximum Gasteiger partial charge on any atom is 0.320 e. The molecule has 0 radical (unpaired) electrons. The zero-order chi connectivity index (χ0) is 32.7. The molecule has 7 rings (SSSR count). The smallest absolute Gasteiger partial charge is 0.320 e. The van der Waals surface area contributed by atoms with Crippen molar-refractivity contribution in [2.45, 2.75) is 90.1 Å². The van der Waals surface area contributed by atoms with E-state index in [2.05, 4.69) is 77.2 Å². The maximum absolute atomic E-state index is 13.5. The van der Waals surface area contributed by atoms with E-state index >= 15 is 0 Å². The second kappa shape index (κ2) is 12.6. The lowest BCUT2D eigenvalue weighted by Crippen LogP contribution is -2.37. The van der Waals surface area contributed by atoms with E-state index in [1.54, 1.807) is 0 Å². The third kappa shape index (κ3) is 6.42. The van der Waals surface area contributed by atoms with Crippen LogP contribution in [-0.4, -0.2) is 54.1 Å². The summed E-state index contributed by atoms with van der Waals surface area (Å²) in [4.78, 5) is 22.5. The van der Waals surface area contributed by atoms with Crippen molar-refractivity contribution in [1.29, 1.82) is 0 Å². The van der Waals surface area contributed by atoms with Gasteiger partial charge in [-0.3, -0.25) is 19.6 Å². The Morgan fingerprint density at radius 1 is 0.979 bits per heavy atom. The lowest BCUT2D eigenvalue weighted by molar-refractivity contribution is -0.190. The van der Waals surface area contributed by atoms with E-state index in [-0.39, 0.29) is 29.6 Å². The van der Waals surface area contributed by atoms with E-state index in [4.69, 9.17) is 9.94 Å². The predicted molar refractivity (Wildman–Crippen MR) is 182 cm³/mol. The van der Waals surface area contributed by atoms with Gasteiger partial charge in [-0.05, 0) is 69.5 Å². The van der Waals surface area contributed by atoms with Crippen LogP contribution >= 0.6 is 0 Å². The Bertz CT molecular complexity index is 1770. The molecule has 0 unspecified atom stereocenters. The Labute approximate surface area is 276 Å². The first kappa shape index (κ1) is 31.1. The predicted octanol–water partition coefficient (Wildman–Crippen LogP) is 6.80. The van der Waals surface area contributed by atoms with Gasteiger partial charge in [0.1, 0.15) is 18.6 Å². The molecule has 0 bridgehead atoms. The zero-order valence-corrected chi connectivity index (χ0v) is 28.0. The Balaban J connectivity index is 1.05. The minimum absolute atomic E-state index is 0.145. The minimum Gasteiger partial charge on any atom is -0.331 e. The standard InChI is InChI=1S/C36H45N9O2/c1-24-13-15-25(16-14-24)45-33(22-31(41-45)36(2,3)4)38-35(46)37-28-17-18-30(27-11-7-6-10-26(27)28)47-43-21-19-32-39-40-34(44(32)23-43)29-12-8-9-20-42(29)5/h6-7,10-11,13-16,19,21-22,28-30H,8-9,12,17-18,20,23H2,1-5H3,(H2,37,38,46)/t28-,29-,30+/m0/s1. The van der Waals surface area contributed by atoms with Crippen LogP contribution in [0.25, 0.3) is 11.8 Å². The number of fused-ring (bicyclic) bond motifs is 2. The monoisotopic (exact) mass is 635 g/mol. The molecule has 0 spiro atoms. The summed E-state index contributed by atoms with van der Waals surface area (Å²) in [5, 5.41) is 22.1. The van der Waals surface area contributed by atoms with E-state index in [9.17, 15) is 4.79 Å². The number of anilines is 1. The third-order valence-electron chi connectivity index (χ3n) is 9.55. The summed E-state index contributed by atoms with van der Waals surface area (Å²) in [6.07, 6.45) is 8.78. The lowest BCUT2D eigenvalue weighted by Gasteiger charge is -2.36. The van der Waals surface area contributed by atoms with Gasteiger partial charge in [-0.25, -0.2) is 14.5 Å². The summed E-state index contributed by atoms with van der Waals surface area (Å²) in [5.74, 6) is 2.49. The van der Waals surface area contributed by atoms with Gasteiger partial charge in [-0.1, -0.05) is 69.2 Å². The number of benzene rings is 2. The number of carbonyl (C=O) groups excluding carboxylic acids is 1. The summed E-state index contributed by atoms with van der Waals surface area (Å²) >= 11 is 0. The SMILES string of the molecule is Cc1ccc(-n2nc(C(C)(C)C)cc2NC(=O)N[C@H]2CC[C@@H](ON3C=Cc4nnc([C@@H]5CCCCN5C)n4C3)c3ccccc32)cc1. The fourth-order valence-corrected chi connectivity index (χ4v) is 6.85. The highest BCUT2D eigenvalue weighted by Crippen LogP contribution is 2.39. The van der Waals surface area contributed by atoms with E-state index in [0.29, 0.717) is 12.5 Å².